The summed E-state index contributed by atoms with van der Waals surface area (Å²) in [5.74, 6) is -2.98. The van der Waals surface area contributed by atoms with E-state index in [1.54, 1.807) is 36.4 Å². The molecule has 0 aliphatic carbocycles. The van der Waals surface area contributed by atoms with E-state index in [0.29, 0.717) is 4.57 Å². The quantitative estimate of drug-likeness (QED) is 0.420. The molecular weight excluding hydrogens is 466 g/mol. The Balaban J connectivity index is 1.63. The van der Waals surface area contributed by atoms with Crippen LogP contribution in [0.15, 0.2) is 70.3 Å². The smallest absolute Gasteiger partial charge is 0.338 e. The first kappa shape index (κ1) is 24.0. The van der Waals surface area contributed by atoms with Crippen LogP contribution in [0.2, 0.25) is 0 Å². The van der Waals surface area contributed by atoms with Crippen LogP contribution < -0.4 is 11.2 Å². The molecular formula is C24H20F2N2O7. The Morgan fingerprint density at radius 2 is 1.57 bits per heavy atom. The Kier molecular flexibility index (Phi) is 6.87. The first-order valence-electron chi connectivity index (χ1n) is 10.6. The van der Waals surface area contributed by atoms with Gasteiger partial charge in [0, 0.05) is 0 Å². The summed E-state index contributed by atoms with van der Waals surface area (Å²) in [7, 11) is 0. The van der Waals surface area contributed by atoms with E-state index in [9.17, 15) is 23.6 Å². The van der Waals surface area contributed by atoms with E-state index in [1.807, 2.05) is 4.98 Å². The van der Waals surface area contributed by atoms with Crippen molar-refractivity contribution in [3.05, 3.63) is 104 Å². The molecule has 4 atom stereocenters. The molecule has 35 heavy (non-hydrogen) atoms. The SMILES string of the molecule is Cc1c(F)n([C@@H]2O[C@H](COC(=O)c3ccccc3)[C@@H](F)[C@H]2OC(=O)c2ccccc2)c(=O)[nH]c1=O. The molecule has 1 aromatic heterocycles. The third-order valence-electron chi connectivity index (χ3n) is 5.46. The molecule has 182 valence electrons. The first-order valence-corrected chi connectivity index (χ1v) is 10.6. The maximum atomic E-state index is 15.5. The number of hydrogen-bond acceptors (Lipinski definition) is 7. The molecule has 0 bridgehead atoms. The maximum absolute atomic E-state index is 15.5. The van der Waals surface area contributed by atoms with Gasteiger partial charge in [-0.15, -0.1) is 0 Å². The van der Waals surface area contributed by atoms with Gasteiger partial charge in [-0.1, -0.05) is 36.4 Å². The van der Waals surface area contributed by atoms with Gasteiger partial charge < -0.3 is 14.2 Å². The zero-order valence-electron chi connectivity index (χ0n) is 18.4. The van der Waals surface area contributed by atoms with Crippen molar-refractivity contribution in [1.82, 2.24) is 9.55 Å². The second-order valence-electron chi connectivity index (χ2n) is 7.76. The molecule has 1 saturated heterocycles. The predicted molar refractivity (Wildman–Crippen MR) is 117 cm³/mol. The van der Waals surface area contributed by atoms with Crippen LogP contribution in [-0.4, -0.2) is 46.5 Å². The van der Waals surface area contributed by atoms with E-state index < -0.39 is 65.9 Å². The number of benzene rings is 2. The van der Waals surface area contributed by atoms with Crippen molar-refractivity contribution in [1.29, 1.82) is 0 Å². The van der Waals surface area contributed by atoms with Gasteiger partial charge in [-0.3, -0.25) is 9.78 Å². The Morgan fingerprint density at radius 1 is 1.00 bits per heavy atom. The lowest BCUT2D eigenvalue weighted by molar-refractivity contribution is -0.0680. The Bertz CT molecular complexity index is 1340. The van der Waals surface area contributed by atoms with Crippen LogP contribution >= 0.6 is 0 Å². The number of aromatic amines is 1. The highest BCUT2D eigenvalue weighted by Gasteiger charge is 2.50. The summed E-state index contributed by atoms with van der Waals surface area (Å²) in [5, 5.41) is 0. The van der Waals surface area contributed by atoms with Crippen molar-refractivity contribution in [2.24, 2.45) is 0 Å². The number of ether oxygens (including phenoxy) is 3. The third-order valence-corrected chi connectivity index (χ3v) is 5.46. The number of H-pyrrole nitrogens is 1. The van der Waals surface area contributed by atoms with Crippen molar-refractivity contribution in [3.63, 3.8) is 0 Å². The van der Waals surface area contributed by atoms with Gasteiger partial charge in [-0.2, -0.15) is 4.39 Å². The van der Waals surface area contributed by atoms with Gasteiger partial charge in [0.2, 0.25) is 5.95 Å². The van der Waals surface area contributed by atoms with Crippen LogP contribution in [0.3, 0.4) is 0 Å². The van der Waals surface area contributed by atoms with Gasteiger partial charge in [0.1, 0.15) is 12.7 Å². The molecule has 9 nitrogen and oxygen atoms in total. The summed E-state index contributed by atoms with van der Waals surface area (Å²) in [6.45, 7) is 0.513. The molecule has 1 aliphatic heterocycles. The van der Waals surface area contributed by atoms with Crippen LogP contribution in [0, 0.1) is 12.9 Å². The molecule has 1 fully saturated rings. The highest BCUT2D eigenvalue weighted by atomic mass is 19.1. The number of carbonyl (C=O) groups excluding carboxylic acids is 2. The summed E-state index contributed by atoms with van der Waals surface area (Å²) in [6.07, 6.45) is -7.17. The predicted octanol–water partition coefficient (Wildman–Crippen LogP) is 2.30. The normalized spacial score (nSPS) is 21.5. The monoisotopic (exact) mass is 486 g/mol. The van der Waals surface area contributed by atoms with Crippen molar-refractivity contribution in [2.45, 2.75) is 31.5 Å². The topological polar surface area (TPSA) is 117 Å². The van der Waals surface area contributed by atoms with E-state index in [4.69, 9.17) is 14.2 Å². The van der Waals surface area contributed by atoms with E-state index in [2.05, 4.69) is 0 Å². The average molecular weight is 486 g/mol. The number of alkyl halides is 1. The van der Waals surface area contributed by atoms with Gasteiger partial charge in [-0.25, -0.2) is 23.3 Å². The van der Waals surface area contributed by atoms with E-state index >= 15 is 4.39 Å². The lowest BCUT2D eigenvalue weighted by atomic mass is 10.1. The minimum atomic E-state index is -2.10. The van der Waals surface area contributed by atoms with Gasteiger partial charge in [0.15, 0.2) is 18.5 Å². The highest BCUT2D eigenvalue weighted by Crippen LogP contribution is 2.34. The van der Waals surface area contributed by atoms with Crippen molar-refractivity contribution in [2.75, 3.05) is 6.61 Å². The van der Waals surface area contributed by atoms with Gasteiger partial charge in [0.25, 0.3) is 5.56 Å². The Labute approximate surface area is 196 Å². The lowest BCUT2D eigenvalue weighted by Gasteiger charge is -2.22. The summed E-state index contributed by atoms with van der Waals surface area (Å²) >= 11 is 0. The zero-order valence-corrected chi connectivity index (χ0v) is 18.4. The minimum absolute atomic E-state index is 0.0860. The summed E-state index contributed by atoms with van der Waals surface area (Å²) in [4.78, 5) is 50.9. The number of halogens is 2. The number of nitrogens with zero attached hydrogens (tertiary/aromatic N) is 1. The van der Waals surface area contributed by atoms with Crippen LogP contribution in [-0.2, 0) is 14.2 Å². The summed E-state index contributed by atoms with van der Waals surface area (Å²) < 4.78 is 46.7. The third kappa shape index (κ3) is 4.90. The van der Waals surface area contributed by atoms with Gasteiger partial charge >= 0.3 is 17.6 Å². The number of esters is 2. The van der Waals surface area contributed by atoms with Crippen molar-refractivity contribution < 1.29 is 32.6 Å². The average Bonchev–Trinajstić information content (AvgIpc) is 3.16. The second kappa shape index (κ2) is 10.0. The van der Waals surface area contributed by atoms with Crippen molar-refractivity contribution in [3.8, 4) is 0 Å². The van der Waals surface area contributed by atoms with Crippen LogP contribution in [0.5, 0.6) is 0 Å². The second-order valence-corrected chi connectivity index (χ2v) is 7.76. The summed E-state index contributed by atoms with van der Waals surface area (Å²) in [5.41, 5.74) is -2.34. The highest BCUT2D eigenvalue weighted by molar-refractivity contribution is 5.89. The van der Waals surface area contributed by atoms with Crippen LogP contribution in [0.4, 0.5) is 8.78 Å². The fourth-order valence-corrected chi connectivity index (χ4v) is 3.59. The molecule has 0 saturated carbocycles. The van der Waals surface area contributed by atoms with Gasteiger partial charge in [-0.05, 0) is 31.2 Å². The van der Waals surface area contributed by atoms with Gasteiger partial charge in [0.05, 0.1) is 16.7 Å². The molecule has 2 heterocycles. The van der Waals surface area contributed by atoms with E-state index in [0.717, 1.165) is 6.92 Å². The lowest BCUT2D eigenvalue weighted by Crippen LogP contribution is -2.42. The number of hydrogen-bond donors (Lipinski definition) is 1. The molecule has 3 aromatic rings. The fourth-order valence-electron chi connectivity index (χ4n) is 3.59. The Morgan fingerprint density at radius 3 is 2.17 bits per heavy atom. The first-order chi connectivity index (χ1) is 16.8. The molecule has 1 aliphatic rings. The largest absolute Gasteiger partial charge is 0.459 e. The molecule has 4 rings (SSSR count). The van der Waals surface area contributed by atoms with Crippen LogP contribution in [0.1, 0.15) is 32.5 Å². The molecule has 0 radical (unpaired) electrons. The molecule has 0 amide bonds. The number of rotatable bonds is 6. The number of carbonyl (C=O) groups is 2. The standard InChI is InChI=1S/C24H20F2N2O7/c1-13-19(26)28(24(32)27-20(13)29)21-18(35-23(31)15-10-6-3-7-11-15)17(25)16(34-21)12-33-22(30)14-8-4-2-5-9-14/h2-11,16-18,21H,12H2,1H3,(H,27,29,32)/t16-,17-,18-,21-/m1/s1. The fraction of sp³-hybridized carbons (Fsp3) is 0.250. The maximum Gasteiger partial charge on any atom is 0.338 e. The molecule has 0 spiro atoms. The molecule has 0 unspecified atom stereocenters. The Hall–Kier alpha value is -4.12. The zero-order chi connectivity index (χ0) is 25.1. The van der Waals surface area contributed by atoms with E-state index in [-0.39, 0.29) is 11.1 Å². The number of aromatic nitrogens is 2. The minimum Gasteiger partial charge on any atom is -0.459 e. The van der Waals surface area contributed by atoms with Crippen LogP contribution in [0.25, 0.3) is 0 Å². The number of nitrogens with one attached hydrogen (secondary N) is 1. The summed E-state index contributed by atoms with van der Waals surface area (Å²) in [6, 6.07) is 15.6. The van der Waals surface area contributed by atoms with Crippen molar-refractivity contribution >= 4 is 11.9 Å². The molecule has 11 heteroatoms. The molecule has 1 N–H and O–H groups in total. The molecule has 2 aromatic carbocycles. The van der Waals surface area contributed by atoms with E-state index in [1.165, 1.54) is 24.3 Å².